The molecule has 0 radical (unpaired) electrons. The second kappa shape index (κ2) is 6.34. The van der Waals surface area contributed by atoms with Gasteiger partial charge >= 0.3 is 5.97 Å². The number of nitrogens with zero attached hydrogens (tertiary/aromatic N) is 1. The lowest BCUT2D eigenvalue weighted by atomic mass is 10.1. The fourth-order valence-electron chi connectivity index (χ4n) is 2.59. The Balaban J connectivity index is 1.61. The van der Waals surface area contributed by atoms with Crippen molar-refractivity contribution in [2.24, 2.45) is 11.7 Å². The monoisotopic (exact) mass is 269 g/mol. The molecule has 0 aromatic carbocycles. The predicted octanol–water partition coefficient (Wildman–Crippen LogP) is -0.221. The first-order valence-electron chi connectivity index (χ1n) is 7.05. The summed E-state index contributed by atoms with van der Waals surface area (Å²) < 4.78 is 0. The van der Waals surface area contributed by atoms with E-state index in [1.54, 1.807) is 0 Å². The number of likely N-dealkylation sites (tertiary alicyclic amines) is 1. The molecule has 1 heterocycles. The van der Waals surface area contributed by atoms with E-state index >= 15 is 0 Å². The fraction of sp³-hybridized carbons (Fsp3) is 0.846. The Morgan fingerprint density at radius 3 is 2.74 bits per heavy atom. The van der Waals surface area contributed by atoms with Gasteiger partial charge < -0.3 is 21.1 Å². The van der Waals surface area contributed by atoms with Crippen LogP contribution in [-0.4, -0.2) is 53.6 Å². The largest absolute Gasteiger partial charge is 0.481 e. The Hall–Kier alpha value is -1.14. The minimum Gasteiger partial charge on any atom is -0.481 e. The number of carbonyl (C=O) groups is 2. The van der Waals surface area contributed by atoms with Gasteiger partial charge in [0, 0.05) is 25.6 Å². The summed E-state index contributed by atoms with van der Waals surface area (Å²) >= 11 is 0. The number of carbonyl (C=O) groups excluding carboxylic acids is 1. The van der Waals surface area contributed by atoms with Gasteiger partial charge in [-0.25, -0.2) is 0 Å². The summed E-state index contributed by atoms with van der Waals surface area (Å²) in [6, 6.07) is 0.0792. The van der Waals surface area contributed by atoms with Gasteiger partial charge in [0.25, 0.3) is 0 Å². The van der Waals surface area contributed by atoms with E-state index in [9.17, 15) is 9.59 Å². The standard InChI is InChI=1S/C13H23N3O3/c14-11(3-4-12(17)18)13(19)15-7-9-5-6-16(8-9)10-1-2-10/h9-11H,1-8,14H2,(H,15,19)(H,17,18). The first-order valence-corrected chi connectivity index (χ1v) is 7.05. The van der Waals surface area contributed by atoms with E-state index in [1.807, 2.05) is 0 Å². The van der Waals surface area contributed by atoms with Crippen molar-refractivity contribution < 1.29 is 14.7 Å². The number of rotatable bonds is 7. The number of hydrogen-bond acceptors (Lipinski definition) is 4. The normalized spacial score (nSPS) is 25.2. The lowest BCUT2D eigenvalue weighted by Gasteiger charge is -2.16. The molecular weight excluding hydrogens is 246 g/mol. The highest BCUT2D eigenvalue weighted by molar-refractivity contribution is 5.82. The van der Waals surface area contributed by atoms with Crippen LogP contribution in [0.3, 0.4) is 0 Å². The van der Waals surface area contributed by atoms with Crippen molar-refractivity contribution in [2.45, 2.75) is 44.2 Å². The molecule has 1 saturated carbocycles. The van der Waals surface area contributed by atoms with Crippen molar-refractivity contribution >= 4 is 11.9 Å². The first kappa shape index (κ1) is 14.3. The van der Waals surface area contributed by atoms with Gasteiger partial charge in [-0.15, -0.1) is 0 Å². The molecule has 1 amide bonds. The Kier molecular flexibility index (Phi) is 4.76. The maximum absolute atomic E-state index is 11.7. The SMILES string of the molecule is NC(CCC(=O)O)C(=O)NCC1CCN(C2CC2)C1. The Bertz CT molecular complexity index is 344. The second-order valence-corrected chi connectivity index (χ2v) is 5.66. The topological polar surface area (TPSA) is 95.7 Å². The average Bonchev–Trinajstić information content (AvgIpc) is 3.12. The van der Waals surface area contributed by atoms with Gasteiger partial charge in [0.2, 0.25) is 5.91 Å². The van der Waals surface area contributed by atoms with Crippen molar-refractivity contribution in [1.82, 2.24) is 10.2 Å². The van der Waals surface area contributed by atoms with E-state index in [0.29, 0.717) is 12.5 Å². The number of nitrogens with two attached hydrogens (primary N) is 1. The highest BCUT2D eigenvalue weighted by Gasteiger charge is 2.34. The van der Waals surface area contributed by atoms with Crippen molar-refractivity contribution in [3.63, 3.8) is 0 Å². The van der Waals surface area contributed by atoms with Crippen LogP contribution < -0.4 is 11.1 Å². The van der Waals surface area contributed by atoms with E-state index in [2.05, 4.69) is 10.2 Å². The van der Waals surface area contributed by atoms with Crippen molar-refractivity contribution in [2.75, 3.05) is 19.6 Å². The number of amides is 1. The summed E-state index contributed by atoms with van der Waals surface area (Å²) in [7, 11) is 0. The molecule has 2 unspecified atom stereocenters. The lowest BCUT2D eigenvalue weighted by Crippen LogP contribution is -2.43. The molecule has 108 valence electrons. The van der Waals surface area contributed by atoms with Crippen molar-refractivity contribution in [1.29, 1.82) is 0 Å². The smallest absolute Gasteiger partial charge is 0.303 e. The molecule has 1 aliphatic carbocycles. The molecule has 1 saturated heterocycles. The Morgan fingerprint density at radius 2 is 2.11 bits per heavy atom. The number of carboxylic acid groups (broad SMARTS) is 1. The van der Waals surface area contributed by atoms with Crippen LogP contribution in [0.2, 0.25) is 0 Å². The maximum Gasteiger partial charge on any atom is 0.303 e. The first-order chi connectivity index (χ1) is 9.06. The van der Waals surface area contributed by atoms with Gasteiger partial charge in [0.05, 0.1) is 6.04 Å². The second-order valence-electron chi connectivity index (χ2n) is 5.66. The Morgan fingerprint density at radius 1 is 1.37 bits per heavy atom. The molecule has 0 bridgehead atoms. The third kappa shape index (κ3) is 4.47. The number of carboxylic acids is 1. The van der Waals surface area contributed by atoms with Crippen LogP contribution in [-0.2, 0) is 9.59 Å². The van der Waals surface area contributed by atoms with Gasteiger partial charge in [0.15, 0.2) is 0 Å². The molecule has 2 rings (SSSR count). The van der Waals surface area contributed by atoms with Crippen LogP contribution in [0, 0.1) is 5.92 Å². The number of hydrogen-bond donors (Lipinski definition) is 3. The Labute approximate surface area is 113 Å². The zero-order chi connectivity index (χ0) is 13.8. The number of aliphatic carboxylic acids is 1. The third-order valence-electron chi connectivity index (χ3n) is 3.95. The molecule has 1 aliphatic heterocycles. The highest BCUT2D eigenvalue weighted by atomic mass is 16.4. The fourth-order valence-corrected chi connectivity index (χ4v) is 2.59. The van der Waals surface area contributed by atoms with E-state index in [4.69, 9.17) is 10.8 Å². The van der Waals surface area contributed by atoms with Crippen molar-refractivity contribution in [3.05, 3.63) is 0 Å². The van der Waals surface area contributed by atoms with Crippen LogP contribution in [0.1, 0.15) is 32.1 Å². The minimum atomic E-state index is -0.917. The van der Waals surface area contributed by atoms with E-state index in [-0.39, 0.29) is 18.7 Å². The van der Waals surface area contributed by atoms with Gasteiger partial charge in [-0.1, -0.05) is 0 Å². The quantitative estimate of drug-likeness (QED) is 0.594. The van der Waals surface area contributed by atoms with E-state index in [1.165, 1.54) is 12.8 Å². The molecule has 0 aromatic rings. The van der Waals surface area contributed by atoms with E-state index in [0.717, 1.165) is 25.6 Å². The van der Waals surface area contributed by atoms with Crippen LogP contribution in [0.5, 0.6) is 0 Å². The zero-order valence-corrected chi connectivity index (χ0v) is 11.2. The summed E-state index contributed by atoms with van der Waals surface area (Å²) in [4.78, 5) is 24.6. The number of nitrogens with one attached hydrogen (secondary N) is 1. The molecule has 6 nitrogen and oxygen atoms in total. The molecule has 0 spiro atoms. The van der Waals surface area contributed by atoms with Crippen molar-refractivity contribution in [3.8, 4) is 0 Å². The third-order valence-corrected chi connectivity index (χ3v) is 3.95. The predicted molar refractivity (Wildman–Crippen MR) is 70.6 cm³/mol. The lowest BCUT2D eigenvalue weighted by molar-refractivity contribution is -0.137. The molecule has 4 N–H and O–H groups in total. The van der Waals surface area contributed by atoms with E-state index < -0.39 is 12.0 Å². The molecule has 2 fully saturated rings. The molecular formula is C13H23N3O3. The van der Waals surface area contributed by atoms with Crippen LogP contribution in [0.15, 0.2) is 0 Å². The average molecular weight is 269 g/mol. The highest BCUT2D eigenvalue weighted by Crippen LogP contribution is 2.31. The minimum absolute atomic E-state index is 0.0620. The zero-order valence-electron chi connectivity index (χ0n) is 11.2. The maximum atomic E-state index is 11.7. The summed E-state index contributed by atoms with van der Waals surface area (Å²) in [5, 5.41) is 11.4. The summed E-state index contributed by atoms with van der Waals surface area (Å²) in [6.45, 7) is 2.86. The van der Waals surface area contributed by atoms with Gasteiger partial charge in [-0.05, 0) is 38.1 Å². The van der Waals surface area contributed by atoms with Crippen LogP contribution in [0.25, 0.3) is 0 Å². The summed E-state index contributed by atoms with van der Waals surface area (Å²) in [5.41, 5.74) is 5.65. The molecule has 2 aliphatic rings. The molecule has 6 heteroatoms. The van der Waals surface area contributed by atoms with Gasteiger partial charge in [0.1, 0.15) is 0 Å². The van der Waals surface area contributed by atoms with Gasteiger partial charge in [-0.3, -0.25) is 9.59 Å². The van der Waals surface area contributed by atoms with Crippen LogP contribution in [0.4, 0.5) is 0 Å². The van der Waals surface area contributed by atoms with Gasteiger partial charge in [-0.2, -0.15) is 0 Å². The summed E-state index contributed by atoms with van der Waals surface area (Å²) in [5.74, 6) is -0.638. The molecule has 19 heavy (non-hydrogen) atoms. The summed E-state index contributed by atoms with van der Waals surface area (Å²) in [6.07, 6.45) is 3.90. The molecule has 2 atom stereocenters. The molecule has 0 aromatic heterocycles. The van der Waals surface area contributed by atoms with Crippen LogP contribution >= 0.6 is 0 Å².